The highest BCUT2D eigenvalue weighted by Crippen LogP contribution is 1.93. The average molecular weight is 197 g/mol. The Bertz CT molecular complexity index is 242. The number of ether oxygens (including phenoxy) is 1. The van der Waals surface area contributed by atoms with Crippen LogP contribution in [0.15, 0.2) is 0 Å². The molecule has 0 aliphatic heterocycles. The molecule has 0 saturated carbocycles. The van der Waals surface area contributed by atoms with Gasteiger partial charge in [0.1, 0.15) is 0 Å². The Labute approximate surface area is 84.0 Å². The summed E-state index contributed by atoms with van der Waals surface area (Å²) < 4.78 is 4.66. The zero-order chi connectivity index (χ0) is 11.0. The molecule has 0 aliphatic carbocycles. The molecule has 4 heteroatoms. The predicted octanol–water partition coefficient (Wildman–Crippen LogP) is 0.468. The minimum absolute atomic E-state index is 0.0942. The van der Waals surface area contributed by atoms with E-state index in [0.717, 1.165) is 0 Å². The highest BCUT2D eigenvalue weighted by Gasteiger charge is 2.08. The van der Waals surface area contributed by atoms with Crippen molar-refractivity contribution < 1.29 is 14.3 Å². The van der Waals surface area contributed by atoms with Crippen molar-refractivity contribution in [3.05, 3.63) is 0 Å². The number of carbonyl (C=O) groups excluding carboxylic acids is 2. The van der Waals surface area contributed by atoms with Crippen LogP contribution < -0.4 is 5.32 Å². The zero-order valence-corrected chi connectivity index (χ0v) is 8.50. The Morgan fingerprint density at radius 3 is 2.64 bits per heavy atom. The predicted molar refractivity (Wildman–Crippen MR) is 52.3 cm³/mol. The van der Waals surface area contributed by atoms with Gasteiger partial charge in [0.2, 0.25) is 5.91 Å². The van der Waals surface area contributed by atoms with Crippen LogP contribution in [0.4, 0.5) is 0 Å². The molecule has 0 aliphatic rings. The lowest BCUT2D eigenvalue weighted by molar-refractivity contribution is -0.144. The fourth-order valence-electron chi connectivity index (χ4n) is 0.804. The number of carbonyl (C=O) groups is 2. The fourth-order valence-corrected chi connectivity index (χ4v) is 0.804. The largest absolute Gasteiger partial charge is 0.466 e. The van der Waals surface area contributed by atoms with Crippen LogP contribution in [0.25, 0.3) is 0 Å². The van der Waals surface area contributed by atoms with Gasteiger partial charge in [0, 0.05) is 6.42 Å². The molecule has 0 aromatic rings. The molecule has 1 unspecified atom stereocenters. The molecule has 1 atom stereocenters. The summed E-state index contributed by atoms with van der Waals surface area (Å²) in [6, 6.07) is -0.301. The molecule has 0 rings (SSSR count). The summed E-state index contributed by atoms with van der Waals surface area (Å²) in [6.45, 7) is 3.75. The Hall–Kier alpha value is -1.50. The van der Waals surface area contributed by atoms with Gasteiger partial charge >= 0.3 is 5.97 Å². The van der Waals surface area contributed by atoms with Gasteiger partial charge in [-0.05, 0) is 13.8 Å². The number of hydrogen-bond donors (Lipinski definition) is 1. The van der Waals surface area contributed by atoms with Gasteiger partial charge in [0.05, 0.1) is 19.1 Å². The highest BCUT2D eigenvalue weighted by molar-refractivity contribution is 5.81. The summed E-state index contributed by atoms with van der Waals surface area (Å²) in [5, 5.41) is 2.54. The smallest absolute Gasteiger partial charge is 0.306 e. The lowest BCUT2D eigenvalue weighted by Gasteiger charge is -2.06. The maximum atomic E-state index is 11.1. The third-order valence-corrected chi connectivity index (χ3v) is 1.49. The molecule has 1 amide bonds. The normalized spacial score (nSPS) is 11.2. The standard InChI is InChI=1S/C10H15NO3/c1-4-8(3)11-9(12)6-7-10(13)14-5-2/h1,8H,5-7H2,2-3H3,(H,11,12). The molecular weight excluding hydrogens is 182 g/mol. The molecule has 0 saturated heterocycles. The van der Waals surface area contributed by atoms with Gasteiger partial charge in [0.15, 0.2) is 0 Å². The van der Waals surface area contributed by atoms with Gasteiger partial charge in [-0.1, -0.05) is 5.92 Å². The van der Waals surface area contributed by atoms with E-state index in [4.69, 9.17) is 6.42 Å². The Morgan fingerprint density at radius 2 is 2.14 bits per heavy atom. The molecule has 0 radical (unpaired) electrons. The molecule has 78 valence electrons. The summed E-state index contributed by atoms with van der Waals surface area (Å²) in [6.07, 6.45) is 5.28. The fraction of sp³-hybridized carbons (Fsp3) is 0.600. The van der Waals surface area contributed by atoms with E-state index in [2.05, 4.69) is 16.0 Å². The summed E-state index contributed by atoms with van der Waals surface area (Å²) >= 11 is 0. The van der Waals surface area contributed by atoms with Crippen molar-refractivity contribution in [1.82, 2.24) is 5.32 Å². The topological polar surface area (TPSA) is 55.4 Å². The molecule has 0 heterocycles. The van der Waals surface area contributed by atoms with E-state index in [1.54, 1.807) is 13.8 Å². The van der Waals surface area contributed by atoms with Crippen LogP contribution in [-0.2, 0) is 14.3 Å². The second-order valence-electron chi connectivity index (χ2n) is 2.76. The van der Waals surface area contributed by atoms with E-state index in [1.807, 2.05) is 0 Å². The van der Waals surface area contributed by atoms with Crippen molar-refractivity contribution in [2.45, 2.75) is 32.7 Å². The first-order chi connectivity index (χ1) is 6.60. The van der Waals surface area contributed by atoms with Gasteiger partial charge in [0.25, 0.3) is 0 Å². The van der Waals surface area contributed by atoms with Crippen LogP contribution in [0.2, 0.25) is 0 Å². The van der Waals surface area contributed by atoms with Crippen molar-refractivity contribution in [2.24, 2.45) is 0 Å². The molecular formula is C10H15NO3. The first kappa shape index (κ1) is 12.5. The summed E-state index contributed by atoms with van der Waals surface area (Å²) in [5.41, 5.74) is 0. The van der Waals surface area contributed by atoms with Crippen LogP contribution in [0.3, 0.4) is 0 Å². The quantitative estimate of drug-likeness (QED) is 0.515. The van der Waals surface area contributed by atoms with Gasteiger partial charge in [-0.15, -0.1) is 6.42 Å². The summed E-state index contributed by atoms with van der Waals surface area (Å²) in [4.78, 5) is 22.0. The second-order valence-corrected chi connectivity index (χ2v) is 2.76. The van der Waals surface area contributed by atoms with Crippen LogP contribution in [0.1, 0.15) is 26.7 Å². The molecule has 0 fully saturated rings. The Balaban J connectivity index is 3.65. The van der Waals surface area contributed by atoms with Crippen LogP contribution >= 0.6 is 0 Å². The highest BCUT2D eigenvalue weighted by atomic mass is 16.5. The van der Waals surface area contributed by atoms with Crippen LogP contribution in [-0.4, -0.2) is 24.5 Å². The summed E-state index contributed by atoms with van der Waals surface area (Å²) in [7, 11) is 0. The average Bonchev–Trinajstić information content (AvgIpc) is 2.15. The maximum Gasteiger partial charge on any atom is 0.306 e. The maximum absolute atomic E-state index is 11.1. The van der Waals surface area contributed by atoms with Gasteiger partial charge in [-0.3, -0.25) is 9.59 Å². The van der Waals surface area contributed by atoms with E-state index in [9.17, 15) is 9.59 Å². The number of rotatable bonds is 5. The minimum atomic E-state index is -0.365. The van der Waals surface area contributed by atoms with Crippen molar-refractivity contribution in [1.29, 1.82) is 0 Å². The first-order valence-corrected chi connectivity index (χ1v) is 4.51. The summed E-state index contributed by atoms with van der Waals surface area (Å²) in [5.74, 6) is 1.76. The van der Waals surface area contributed by atoms with Gasteiger partial charge in [-0.25, -0.2) is 0 Å². The van der Waals surface area contributed by atoms with E-state index in [1.165, 1.54) is 0 Å². The molecule has 0 bridgehead atoms. The van der Waals surface area contributed by atoms with E-state index < -0.39 is 0 Å². The third kappa shape index (κ3) is 6.06. The number of nitrogens with one attached hydrogen (secondary N) is 1. The Kier molecular flexibility index (Phi) is 6.21. The lowest BCUT2D eigenvalue weighted by atomic mass is 10.2. The van der Waals surface area contributed by atoms with Gasteiger partial charge < -0.3 is 10.1 Å². The van der Waals surface area contributed by atoms with E-state index in [0.29, 0.717) is 6.61 Å². The number of amides is 1. The molecule has 0 aromatic heterocycles. The van der Waals surface area contributed by atoms with Crippen LogP contribution in [0, 0.1) is 12.3 Å². The van der Waals surface area contributed by atoms with E-state index >= 15 is 0 Å². The zero-order valence-electron chi connectivity index (χ0n) is 8.50. The second kappa shape index (κ2) is 6.96. The molecule has 14 heavy (non-hydrogen) atoms. The first-order valence-electron chi connectivity index (χ1n) is 4.51. The van der Waals surface area contributed by atoms with Crippen molar-refractivity contribution in [3.63, 3.8) is 0 Å². The van der Waals surface area contributed by atoms with Gasteiger partial charge in [-0.2, -0.15) is 0 Å². The molecule has 0 spiro atoms. The lowest BCUT2D eigenvalue weighted by Crippen LogP contribution is -2.31. The molecule has 0 aromatic carbocycles. The molecule has 4 nitrogen and oxygen atoms in total. The third-order valence-electron chi connectivity index (χ3n) is 1.49. The Morgan fingerprint density at radius 1 is 1.50 bits per heavy atom. The SMILES string of the molecule is C#CC(C)NC(=O)CCC(=O)OCC. The number of hydrogen-bond acceptors (Lipinski definition) is 3. The molecule has 1 N–H and O–H groups in total. The number of esters is 1. The minimum Gasteiger partial charge on any atom is -0.466 e. The monoisotopic (exact) mass is 197 g/mol. The van der Waals surface area contributed by atoms with Crippen molar-refractivity contribution in [3.8, 4) is 12.3 Å². The van der Waals surface area contributed by atoms with Crippen molar-refractivity contribution in [2.75, 3.05) is 6.61 Å². The van der Waals surface area contributed by atoms with Crippen LogP contribution in [0.5, 0.6) is 0 Å². The van der Waals surface area contributed by atoms with Crippen molar-refractivity contribution >= 4 is 11.9 Å². The number of terminal acetylenes is 1. The van der Waals surface area contributed by atoms with E-state index in [-0.39, 0.29) is 30.8 Å².